The fraction of sp³-hybridized carbons (Fsp3) is 0.256. The number of aryl methyl sites for hydroxylation is 2. The first kappa shape index (κ1) is 28.6. The van der Waals surface area contributed by atoms with E-state index in [4.69, 9.17) is 11.6 Å². The van der Waals surface area contributed by atoms with Crippen molar-refractivity contribution in [2.75, 3.05) is 3.59 Å². The minimum absolute atomic E-state index is 0.366. The molecule has 0 fully saturated rings. The molecule has 2 nitrogen and oxygen atoms in total. The minimum atomic E-state index is -2.69. The Morgan fingerprint density at radius 1 is 0.532 bits per heavy atom. The molecule has 231 valence electrons. The molecule has 6 aromatic rings. The summed E-state index contributed by atoms with van der Waals surface area (Å²) in [6.45, 7) is 0. The van der Waals surface area contributed by atoms with Crippen LogP contribution in [0.5, 0.6) is 0 Å². The van der Waals surface area contributed by atoms with Gasteiger partial charge in [0.1, 0.15) is 0 Å². The topological polar surface area (TPSA) is 9.86 Å². The van der Waals surface area contributed by atoms with E-state index in [1.807, 2.05) is 0 Å². The molecule has 2 unspecified atom stereocenters. The number of allylic oxidation sites excluding steroid dienone is 2. The van der Waals surface area contributed by atoms with Crippen LogP contribution in [0.1, 0.15) is 77.7 Å². The summed E-state index contributed by atoms with van der Waals surface area (Å²) in [5.41, 5.74) is 17.8. The number of nitrogens with zero attached hydrogens (tertiary/aromatic N) is 2. The van der Waals surface area contributed by atoms with Gasteiger partial charge in [-0.2, -0.15) is 0 Å². The average Bonchev–Trinajstić information content (AvgIpc) is 3.87. The first-order valence-corrected chi connectivity index (χ1v) is 22.7. The SMILES string of the molecule is Cl[CH2][Zr]([CH]1C(n2c3c(c4ccccc42)CCCC3)=Cc2ccccc21)[CH]1C(n2c3c(c4ccccc42)CCCC3)=Cc2ccccc21. The van der Waals surface area contributed by atoms with Crippen molar-refractivity contribution < 1.29 is 21.8 Å². The fourth-order valence-corrected chi connectivity index (χ4v) is 19.3. The summed E-state index contributed by atoms with van der Waals surface area (Å²) in [4.78, 5) is 0. The number of fused-ring (bicyclic) bond motifs is 8. The van der Waals surface area contributed by atoms with Gasteiger partial charge in [0.2, 0.25) is 0 Å². The van der Waals surface area contributed by atoms with E-state index in [0.717, 1.165) is 16.4 Å². The molecule has 2 aromatic heterocycles. The van der Waals surface area contributed by atoms with E-state index in [2.05, 4.69) is 118 Å². The summed E-state index contributed by atoms with van der Waals surface area (Å²) in [6.07, 6.45) is 14.9. The van der Waals surface area contributed by atoms with Crippen LogP contribution in [-0.4, -0.2) is 12.7 Å². The van der Waals surface area contributed by atoms with Gasteiger partial charge in [0.15, 0.2) is 0 Å². The molecule has 47 heavy (non-hydrogen) atoms. The van der Waals surface area contributed by atoms with Crippen LogP contribution in [0, 0.1) is 0 Å². The Morgan fingerprint density at radius 2 is 0.957 bits per heavy atom. The predicted molar refractivity (Wildman–Crippen MR) is 195 cm³/mol. The summed E-state index contributed by atoms with van der Waals surface area (Å²) in [6, 6.07) is 36.9. The van der Waals surface area contributed by atoms with Crippen molar-refractivity contribution in [1.29, 1.82) is 0 Å². The van der Waals surface area contributed by atoms with Gasteiger partial charge in [-0.25, -0.2) is 0 Å². The third-order valence-electron chi connectivity index (χ3n) is 11.6. The van der Waals surface area contributed by atoms with Gasteiger partial charge in [-0.05, 0) is 0 Å². The monoisotopic (exact) mass is 707 g/mol. The van der Waals surface area contributed by atoms with E-state index in [1.54, 1.807) is 22.5 Å². The molecule has 0 aliphatic heterocycles. The molecule has 0 saturated carbocycles. The summed E-state index contributed by atoms with van der Waals surface area (Å²) < 4.78 is 6.95. The fourth-order valence-electron chi connectivity index (χ4n) is 9.68. The summed E-state index contributed by atoms with van der Waals surface area (Å²) in [5.74, 6) is 0. The third kappa shape index (κ3) is 4.25. The quantitative estimate of drug-likeness (QED) is 0.158. The van der Waals surface area contributed by atoms with Crippen molar-refractivity contribution >= 4 is 57.0 Å². The van der Waals surface area contributed by atoms with E-state index >= 15 is 0 Å². The number of halogens is 1. The van der Waals surface area contributed by atoms with Gasteiger partial charge in [0.05, 0.1) is 0 Å². The van der Waals surface area contributed by atoms with Crippen LogP contribution < -0.4 is 0 Å². The first-order valence-electron chi connectivity index (χ1n) is 17.6. The number of aromatic nitrogens is 2. The number of para-hydroxylation sites is 2. The number of rotatable bonds is 5. The molecule has 10 rings (SSSR count). The van der Waals surface area contributed by atoms with E-state index in [-0.39, 0.29) is 0 Å². The maximum atomic E-state index is 7.45. The molecule has 0 N–H and O–H groups in total. The zero-order valence-electron chi connectivity index (χ0n) is 26.7. The molecule has 4 aliphatic carbocycles. The van der Waals surface area contributed by atoms with Crippen molar-refractivity contribution in [3.05, 3.63) is 142 Å². The van der Waals surface area contributed by atoms with Gasteiger partial charge in [-0.15, -0.1) is 0 Å². The Bertz CT molecular complexity index is 2120. The Labute approximate surface area is 290 Å². The molecule has 2 heterocycles. The van der Waals surface area contributed by atoms with Gasteiger partial charge in [0, 0.05) is 0 Å². The maximum absolute atomic E-state index is 7.45. The summed E-state index contributed by atoms with van der Waals surface area (Å²) in [7, 11) is 0. The zero-order chi connectivity index (χ0) is 31.1. The number of alkyl halides is 1. The van der Waals surface area contributed by atoms with Crippen LogP contribution in [0.2, 0.25) is 0 Å². The molecule has 0 radical (unpaired) electrons. The Hall–Kier alpha value is -3.39. The van der Waals surface area contributed by atoms with Crippen LogP contribution in [0.15, 0.2) is 97.1 Å². The van der Waals surface area contributed by atoms with Crippen LogP contribution in [0.4, 0.5) is 0 Å². The Morgan fingerprint density at radius 3 is 1.45 bits per heavy atom. The summed E-state index contributed by atoms with van der Waals surface area (Å²) >= 11 is 4.77. The van der Waals surface area contributed by atoms with E-state index in [9.17, 15) is 0 Å². The Kier molecular flexibility index (Phi) is 6.91. The predicted octanol–water partition coefficient (Wildman–Crippen LogP) is 11.0. The van der Waals surface area contributed by atoms with Gasteiger partial charge in [0.25, 0.3) is 0 Å². The van der Waals surface area contributed by atoms with E-state index in [0.29, 0.717) is 7.25 Å². The Balaban J connectivity index is 1.20. The van der Waals surface area contributed by atoms with Crippen LogP contribution in [0.3, 0.4) is 0 Å². The molecule has 4 aromatic carbocycles. The molecule has 2 atom stereocenters. The van der Waals surface area contributed by atoms with Gasteiger partial charge in [-0.1, -0.05) is 0 Å². The van der Waals surface area contributed by atoms with Gasteiger partial charge < -0.3 is 0 Å². The molecule has 4 heteroatoms. The number of hydrogen-bond donors (Lipinski definition) is 0. The van der Waals surface area contributed by atoms with Crippen LogP contribution >= 0.6 is 11.6 Å². The second-order valence-electron chi connectivity index (χ2n) is 13.9. The van der Waals surface area contributed by atoms with Crippen molar-refractivity contribution in [3.63, 3.8) is 0 Å². The molecular formula is C43H38ClN2Zr. The molecule has 0 saturated heterocycles. The number of hydrogen-bond acceptors (Lipinski definition) is 0. The standard InChI is InChI=1S/2C21H18N.CH2Cl.Zr/c2*1-2-8-16-14-17(13-15(16)7-1)22-20-11-5-3-9-18(20)19-10-4-6-12-21(19)22;1-2;/h2*1-3,5,7-9,11,13-14H,4,6,10,12H2;1H2;. The molecule has 0 spiro atoms. The normalized spacial score (nSPS) is 19.7. The number of benzene rings is 4. The molecular weight excluding hydrogens is 671 g/mol. The second-order valence-corrected chi connectivity index (χ2v) is 21.8. The summed E-state index contributed by atoms with van der Waals surface area (Å²) in [5, 5.41) is 2.90. The van der Waals surface area contributed by atoms with Gasteiger partial charge >= 0.3 is 292 Å². The van der Waals surface area contributed by atoms with Crippen molar-refractivity contribution in [3.8, 4) is 0 Å². The first-order chi connectivity index (χ1) is 23.3. The van der Waals surface area contributed by atoms with Gasteiger partial charge in [-0.3, -0.25) is 0 Å². The molecule has 0 bridgehead atoms. The van der Waals surface area contributed by atoms with E-state index < -0.39 is 21.8 Å². The third-order valence-corrected chi connectivity index (χ3v) is 20.8. The van der Waals surface area contributed by atoms with E-state index in [1.165, 1.54) is 94.0 Å². The van der Waals surface area contributed by atoms with Crippen LogP contribution in [-0.2, 0) is 47.4 Å². The zero-order valence-corrected chi connectivity index (χ0v) is 29.9. The molecule has 0 amide bonds. The average molecular weight is 709 g/mol. The van der Waals surface area contributed by atoms with Crippen molar-refractivity contribution in [2.24, 2.45) is 0 Å². The molecule has 4 aliphatic rings. The second kappa shape index (κ2) is 11.4. The van der Waals surface area contributed by atoms with Crippen LogP contribution in [0.25, 0.3) is 45.4 Å². The van der Waals surface area contributed by atoms with Crippen molar-refractivity contribution in [1.82, 2.24) is 9.13 Å². The van der Waals surface area contributed by atoms with Crippen molar-refractivity contribution in [2.45, 2.75) is 58.6 Å².